The van der Waals surface area contributed by atoms with Crippen LogP contribution < -0.4 is 10.6 Å². The summed E-state index contributed by atoms with van der Waals surface area (Å²) in [6.45, 7) is 6.88. The average molecular weight is 212 g/mol. The van der Waals surface area contributed by atoms with Crippen LogP contribution in [0.3, 0.4) is 0 Å². The zero-order chi connectivity index (χ0) is 11.5. The molecule has 0 aliphatic rings. The number of aromatic nitrogens is 2. The molecule has 5 heteroatoms. The first kappa shape index (κ1) is 12.0. The maximum Gasteiger partial charge on any atom is 0.265 e. The van der Waals surface area contributed by atoms with Gasteiger partial charge in [-0.1, -0.05) is 0 Å². The minimum Gasteiger partial charge on any atom is -0.342 e. The second-order valence-electron chi connectivity index (χ2n) is 4.49. The van der Waals surface area contributed by atoms with E-state index >= 15 is 0 Å². The van der Waals surface area contributed by atoms with Crippen LogP contribution in [-0.2, 0) is 6.42 Å². The Morgan fingerprint density at radius 1 is 1.47 bits per heavy atom. The lowest BCUT2D eigenvalue weighted by atomic mass is 10.0. The van der Waals surface area contributed by atoms with Crippen molar-refractivity contribution >= 4 is 5.95 Å². The van der Waals surface area contributed by atoms with Crippen LogP contribution >= 0.6 is 0 Å². The highest BCUT2D eigenvalue weighted by molar-refractivity contribution is 5.25. The summed E-state index contributed by atoms with van der Waals surface area (Å²) in [6, 6.07) is 0. The molecule has 15 heavy (non-hydrogen) atoms. The second kappa shape index (κ2) is 4.61. The predicted molar refractivity (Wildman–Crippen MR) is 59.8 cm³/mol. The number of hydrogen-bond acceptors (Lipinski definition) is 5. The highest BCUT2D eigenvalue weighted by Gasteiger charge is 2.14. The molecule has 0 aliphatic heterocycles. The average Bonchev–Trinajstić information content (AvgIpc) is 2.61. The van der Waals surface area contributed by atoms with E-state index in [1.54, 1.807) is 0 Å². The van der Waals surface area contributed by atoms with Crippen LogP contribution in [-0.4, -0.2) is 29.3 Å². The smallest absolute Gasteiger partial charge is 0.265 e. The van der Waals surface area contributed by atoms with E-state index in [0.29, 0.717) is 11.8 Å². The van der Waals surface area contributed by atoms with Gasteiger partial charge in [-0.05, 0) is 32.3 Å². The van der Waals surface area contributed by atoms with Gasteiger partial charge in [-0.3, -0.25) is 0 Å². The molecule has 0 saturated carbocycles. The van der Waals surface area contributed by atoms with Crippen molar-refractivity contribution in [1.29, 1.82) is 0 Å². The Labute approximate surface area is 90.6 Å². The van der Waals surface area contributed by atoms with Crippen LogP contribution in [0.4, 0.5) is 5.95 Å². The third-order valence-electron chi connectivity index (χ3n) is 2.26. The van der Waals surface area contributed by atoms with Crippen LogP contribution in [0.1, 0.15) is 33.1 Å². The lowest BCUT2D eigenvalue weighted by Crippen LogP contribution is -2.32. The molecule has 0 bridgehead atoms. The van der Waals surface area contributed by atoms with Gasteiger partial charge in [-0.2, -0.15) is 4.98 Å². The molecule has 1 heterocycles. The summed E-state index contributed by atoms with van der Waals surface area (Å²) in [5.74, 6) is 1.30. The topological polar surface area (TPSA) is 68.2 Å². The largest absolute Gasteiger partial charge is 0.342 e. The predicted octanol–water partition coefficient (Wildman–Crippen LogP) is 1.20. The molecule has 0 aliphatic carbocycles. The Bertz CT molecular complexity index is 303. The molecule has 1 rings (SSSR count). The monoisotopic (exact) mass is 212 g/mol. The van der Waals surface area contributed by atoms with Crippen LogP contribution in [0.5, 0.6) is 0 Å². The van der Waals surface area contributed by atoms with E-state index in [1.807, 2.05) is 32.7 Å². The van der Waals surface area contributed by atoms with Crippen LogP contribution in [0, 0.1) is 0 Å². The van der Waals surface area contributed by atoms with Crippen molar-refractivity contribution in [3.05, 3.63) is 5.89 Å². The van der Waals surface area contributed by atoms with Crippen LogP contribution in [0.25, 0.3) is 0 Å². The van der Waals surface area contributed by atoms with Gasteiger partial charge in [-0.25, -0.2) is 0 Å². The lowest BCUT2D eigenvalue weighted by molar-refractivity contribution is 0.357. The minimum atomic E-state index is -0.189. The van der Waals surface area contributed by atoms with Gasteiger partial charge >= 0.3 is 0 Å². The van der Waals surface area contributed by atoms with Crippen molar-refractivity contribution in [3.8, 4) is 0 Å². The van der Waals surface area contributed by atoms with Crippen molar-refractivity contribution in [3.63, 3.8) is 0 Å². The Kier molecular flexibility index (Phi) is 3.68. The molecule has 0 fully saturated rings. The van der Waals surface area contributed by atoms with Gasteiger partial charge in [0.2, 0.25) is 5.89 Å². The highest BCUT2D eigenvalue weighted by atomic mass is 16.5. The number of anilines is 1. The molecule has 0 spiro atoms. The molecule has 0 aromatic carbocycles. The van der Waals surface area contributed by atoms with E-state index in [1.165, 1.54) is 0 Å². The van der Waals surface area contributed by atoms with E-state index in [4.69, 9.17) is 10.3 Å². The number of aryl methyl sites for hydroxylation is 1. The zero-order valence-electron chi connectivity index (χ0n) is 9.95. The van der Waals surface area contributed by atoms with E-state index in [2.05, 4.69) is 10.1 Å². The van der Waals surface area contributed by atoms with Gasteiger partial charge in [0, 0.05) is 25.6 Å². The molecule has 1 aromatic heterocycles. The fraction of sp³-hybridized carbons (Fsp3) is 0.800. The highest BCUT2D eigenvalue weighted by Crippen LogP contribution is 2.12. The molecule has 2 N–H and O–H groups in total. The Morgan fingerprint density at radius 3 is 2.67 bits per heavy atom. The van der Waals surface area contributed by atoms with Gasteiger partial charge in [0.05, 0.1) is 0 Å². The molecule has 86 valence electrons. The fourth-order valence-corrected chi connectivity index (χ4v) is 1.07. The number of nitrogens with zero attached hydrogens (tertiary/aromatic N) is 3. The lowest BCUT2D eigenvalue weighted by Gasteiger charge is -2.16. The van der Waals surface area contributed by atoms with Crippen molar-refractivity contribution in [1.82, 2.24) is 10.1 Å². The first-order chi connectivity index (χ1) is 6.92. The van der Waals surface area contributed by atoms with Crippen molar-refractivity contribution < 1.29 is 4.52 Å². The second-order valence-corrected chi connectivity index (χ2v) is 4.49. The maximum atomic E-state index is 5.88. The van der Waals surface area contributed by atoms with E-state index in [0.717, 1.165) is 19.4 Å². The Balaban J connectivity index is 2.53. The van der Waals surface area contributed by atoms with Gasteiger partial charge in [0.15, 0.2) is 0 Å². The summed E-state index contributed by atoms with van der Waals surface area (Å²) in [7, 11) is 1.93. The third kappa shape index (κ3) is 3.87. The Morgan fingerprint density at radius 2 is 2.13 bits per heavy atom. The fourth-order valence-electron chi connectivity index (χ4n) is 1.07. The first-order valence-corrected chi connectivity index (χ1v) is 5.25. The quantitative estimate of drug-likeness (QED) is 0.794. The van der Waals surface area contributed by atoms with Crippen LogP contribution in [0.2, 0.25) is 0 Å². The SMILES string of the molecule is CCN(C)c1noc(CCC(C)(C)N)n1. The van der Waals surface area contributed by atoms with Gasteiger partial charge in [0.1, 0.15) is 0 Å². The number of rotatable bonds is 5. The summed E-state index contributed by atoms with van der Waals surface area (Å²) in [5.41, 5.74) is 5.69. The van der Waals surface area contributed by atoms with Crippen LogP contribution in [0.15, 0.2) is 4.52 Å². The molecule has 0 saturated heterocycles. The van der Waals surface area contributed by atoms with Gasteiger partial charge < -0.3 is 15.2 Å². The van der Waals surface area contributed by atoms with E-state index in [-0.39, 0.29) is 5.54 Å². The Hall–Kier alpha value is -1.10. The van der Waals surface area contributed by atoms with Crippen molar-refractivity contribution in [2.24, 2.45) is 5.73 Å². The normalized spacial score (nSPS) is 11.8. The van der Waals surface area contributed by atoms with E-state index < -0.39 is 0 Å². The minimum absolute atomic E-state index is 0.189. The third-order valence-corrected chi connectivity index (χ3v) is 2.26. The maximum absolute atomic E-state index is 5.88. The molecule has 0 amide bonds. The summed E-state index contributed by atoms with van der Waals surface area (Å²) in [6.07, 6.45) is 1.57. The number of hydrogen-bond donors (Lipinski definition) is 1. The summed E-state index contributed by atoms with van der Waals surface area (Å²) < 4.78 is 5.12. The zero-order valence-corrected chi connectivity index (χ0v) is 9.95. The van der Waals surface area contributed by atoms with Gasteiger partial charge in [0.25, 0.3) is 5.95 Å². The molecule has 1 aromatic rings. The van der Waals surface area contributed by atoms with Crippen molar-refractivity contribution in [2.45, 2.75) is 39.2 Å². The van der Waals surface area contributed by atoms with Gasteiger partial charge in [-0.15, -0.1) is 0 Å². The number of nitrogens with two attached hydrogens (primary N) is 1. The molecular weight excluding hydrogens is 192 g/mol. The molecule has 0 atom stereocenters. The standard InChI is InChI=1S/C10H20N4O/c1-5-14(4)9-12-8(15-13-9)6-7-10(2,3)11/h5-7,11H2,1-4H3. The molecular formula is C10H20N4O. The molecule has 0 unspecified atom stereocenters. The summed E-state index contributed by atoms with van der Waals surface area (Å²) in [4.78, 5) is 6.21. The summed E-state index contributed by atoms with van der Waals surface area (Å²) >= 11 is 0. The van der Waals surface area contributed by atoms with Crippen molar-refractivity contribution in [2.75, 3.05) is 18.5 Å². The summed E-state index contributed by atoms with van der Waals surface area (Å²) in [5, 5.41) is 3.89. The van der Waals surface area contributed by atoms with E-state index in [9.17, 15) is 0 Å². The first-order valence-electron chi connectivity index (χ1n) is 5.25. The molecule has 5 nitrogen and oxygen atoms in total. The molecule has 0 radical (unpaired) electrons.